The highest BCUT2D eigenvalue weighted by molar-refractivity contribution is 7.15. The van der Waals surface area contributed by atoms with E-state index in [4.69, 9.17) is 19.0 Å². The number of benzene rings is 3. The van der Waals surface area contributed by atoms with Gasteiger partial charge in [0.05, 0.1) is 23.9 Å². The number of hydrogen-bond donors (Lipinski definition) is 0. The van der Waals surface area contributed by atoms with Crippen LogP contribution in [0.25, 0.3) is 51.3 Å². The third-order valence-electron chi connectivity index (χ3n) is 7.28. The number of para-hydroxylation sites is 2. The van der Waals surface area contributed by atoms with Crippen molar-refractivity contribution >= 4 is 45.5 Å². The zero-order valence-corrected chi connectivity index (χ0v) is 25.5. The van der Waals surface area contributed by atoms with Gasteiger partial charge in [-0.25, -0.2) is 4.68 Å². The van der Waals surface area contributed by atoms with Crippen LogP contribution in [0, 0.1) is 0 Å². The van der Waals surface area contributed by atoms with Crippen molar-refractivity contribution in [2.45, 2.75) is 19.8 Å². The van der Waals surface area contributed by atoms with E-state index in [0.29, 0.717) is 44.9 Å². The van der Waals surface area contributed by atoms with Crippen molar-refractivity contribution in [2.75, 3.05) is 13.7 Å². The van der Waals surface area contributed by atoms with Crippen LogP contribution in [0.2, 0.25) is 0 Å². The van der Waals surface area contributed by atoms with Gasteiger partial charge < -0.3 is 13.9 Å². The fourth-order valence-electron chi connectivity index (χ4n) is 4.96. The van der Waals surface area contributed by atoms with Gasteiger partial charge in [0.15, 0.2) is 23.1 Å². The van der Waals surface area contributed by atoms with Crippen LogP contribution in [0.1, 0.15) is 36.7 Å². The average Bonchev–Trinajstić information content (AvgIpc) is 3.85. The van der Waals surface area contributed by atoms with Gasteiger partial charge >= 0.3 is 0 Å². The van der Waals surface area contributed by atoms with Crippen molar-refractivity contribution in [1.82, 2.24) is 24.4 Å². The molecule has 224 valence electrons. The fraction of sp³-hybridized carbons (Fsp3) is 0.143. The molecule has 4 aromatic heterocycles. The topological polar surface area (TPSA) is 96.7 Å². The summed E-state index contributed by atoms with van der Waals surface area (Å²) in [4.78, 5) is 18.5. The lowest BCUT2D eigenvalue weighted by Gasteiger charge is -2.10. The Labute approximate surface area is 262 Å². The zero-order chi connectivity index (χ0) is 30.8. The molecule has 0 unspecified atom stereocenters. The van der Waals surface area contributed by atoms with E-state index in [1.807, 2.05) is 97.2 Å². The smallest absolute Gasteiger partial charge is 0.291 e. The molecule has 0 aliphatic heterocycles. The van der Waals surface area contributed by atoms with E-state index < -0.39 is 0 Å². The Hall–Kier alpha value is -5.48. The molecule has 0 amide bonds. The molecule has 7 rings (SSSR count). The Balaban J connectivity index is 1.21. The van der Waals surface area contributed by atoms with Crippen LogP contribution in [0.4, 0.5) is 0 Å². The summed E-state index contributed by atoms with van der Waals surface area (Å²) in [5.41, 5.74) is 3.70. The van der Waals surface area contributed by atoms with Crippen molar-refractivity contribution in [3.05, 3.63) is 117 Å². The molecule has 0 radical (unpaired) electrons. The molecule has 0 N–H and O–H groups in total. The number of hydrogen-bond acceptors (Lipinski definition) is 8. The van der Waals surface area contributed by atoms with E-state index in [0.717, 1.165) is 40.6 Å². The van der Waals surface area contributed by atoms with Crippen LogP contribution in [0.5, 0.6) is 11.5 Å². The first kappa shape index (κ1) is 28.3. The van der Waals surface area contributed by atoms with E-state index in [1.54, 1.807) is 17.9 Å². The fourth-order valence-corrected chi connectivity index (χ4v) is 5.87. The maximum Gasteiger partial charge on any atom is 0.291 e. The van der Waals surface area contributed by atoms with Crippen LogP contribution >= 0.6 is 11.3 Å². The average molecular weight is 616 g/mol. The lowest BCUT2D eigenvalue weighted by Crippen LogP contribution is -2.23. The number of ether oxygens (including phenoxy) is 2. The molecule has 0 spiro atoms. The maximum absolute atomic E-state index is 13.4. The molecule has 0 fully saturated rings. The number of unbranched alkanes of at least 4 members (excludes halogenated alkanes) is 1. The SMILES string of the molecule is CCCCOc1ccc(/C=C/c2nc3s/c(=C\c4cn(-c5ccccc5)nc4-c4cc5ccccc5o4)c(=O)n3n2)cc1OC. The van der Waals surface area contributed by atoms with Gasteiger partial charge in [-0.1, -0.05) is 73.2 Å². The number of rotatable bonds is 10. The Morgan fingerprint density at radius 2 is 1.80 bits per heavy atom. The number of fused-ring (bicyclic) bond motifs is 2. The Bertz CT molecular complexity index is 2230. The van der Waals surface area contributed by atoms with E-state index in [2.05, 4.69) is 17.0 Å². The first-order valence-corrected chi connectivity index (χ1v) is 15.5. The highest BCUT2D eigenvalue weighted by Gasteiger charge is 2.17. The highest BCUT2D eigenvalue weighted by atomic mass is 32.1. The minimum absolute atomic E-state index is 0.250. The van der Waals surface area contributed by atoms with Gasteiger partial charge in [-0.3, -0.25) is 4.79 Å². The van der Waals surface area contributed by atoms with E-state index in [9.17, 15) is 4.79 Å². The quantitative estimate of drug-likeness (QED) is 0.159. The first-order chi connectivity index (χ1) is 22.1. The summed E-state index contributed by atoms with van der Waals surface area (Å²) in [5.74, 6) is 2.42. The van der Waals surface area contributed by atoms with Gasteiger partial charge in [0.2, 0.25) is 4.96 Å². The largest absolute Gasteiger partial charge is 0.493 e. The lowest BCUT2D eigenvalue weighted by atomic mass is 10.2. The minimum atomic E-state index is -0.250. The summed E-state index contributed by atoms with van der Waals surface area (Å²) < 4.78 is 21.1. The number of nitrogens with zero attached hydrogens (tertiary/aromatic N) is 5. The molecule has 0 atom stereocenters. The summed E-state index contributed by atoms with van der Waals surface area (Å²) in [6.45, 7) is 2.77. The molecule has 9 nitrogen and oxygen atoms in total. The Morgan fingerprint density at radius 3 is 2.60 bits per heavy atom. The monoisotopic (exact) mass is 615 g/mol. The molecule has 0 aliphatic rings. The maximum atomic E-state index is 13.4. The highest BCUT2D eigenvalue weighted by Crippen LogP contribution is 2.31. The Kier molecular flexibility index (Phi) is 7.71. The van der Waals surface area contributed by atoms with Crippen molar-refractivity contribution < 1.29 is 13.9 Å². The van der Waals surface area contributed by atoms with E-state index in [-0.39, 0.29) is 5.56 Å². The minimum Gasteiger partial charge on any atom is -0.493 e. The molecular weight excluding hydrogens is 586 g/mol. The van der Waals surface area contributed by atoms with Crippen LogP contribution in [-0.4, -0.2) is 38.1 Å². The third-order valence-corrected chi connectivity index (χ3v) is 8.23. The summed E-state index contributed by atoms with van der Waals surface area (Å²) >= 11 is 1.28. The second kappa shape index (κ2) is 12.3. The third kappa shape index (κ3) is 5.75. The molecule has 3 aromatic carbocycles. The first-order valence-electron chi connectivity index (χ1n) is 14.6. The lowest BCUT2D eigenvalue weighted by molar-refractivity contribution is 0.288. The van der Waals surface area contributed by atoms with Gasteiger partial charge in [0.1, 0.15) is 11.3 Å². The number of methoxy groups -OCH3 is 1. The number of aromatic nitrogens is 5. The molecule has 0 aliphatic carbocycles. The van der Waals surface area contributed by atoms with Crippen molar-refractivity contribution in [3.63, 3.8) is 0 Å². The molecule has 4 heterocycles. The molecule has 0 saturated heterocycles. The summed E-state index contributed by atoms with van der Waals surface area (Å²) in [6.07, 6.45) is 9.42. The zero-order valence-electron chi connectivity index (χ0n) is 24.7. The van der Waals surface area contributed by atoms with Crippen molar-refractivity contribution in [1.29, 1.82) is 0 Å². The number of thiazole rings is 1. The van der Waals surface area contributed by atoms with Crippen LogP contribution in [0.3, 0.4) is 0 Å². The summed E-state index contributed by atoms with van der Waals surface area (Å²) in [7, 11) is 1.62. The predicted molar refractivity (Wildman–Crippen MR) is 177 cm³/mol. The second-order valence-corrected chi connectivity index (χ2v) is 11.4. The van der Waals surface area contributed by atoms with Crippen molar-refractivity contribution in [2.24, 2.45) is 0 Å². The second-order valence-electron chi connectivity index (χ2n) is 10.4. The van der Waals surface area contributed by atoms with Gasteiger partial charge in [-0.2, -0.15) is 14.6 Å². The van der Waals surface area contributed by atoms with Gasteiger partial charge in [0.25, 0.3) is 5.56 Å². The molecule has 7 aromatic rings. The van der Waals surface area contributed by atoms with Gasteiger partial charge in [-0.15, -0.1) is 5.10 Å². The van der Waals surface area contributed by atoms with Crippen molar-refractivity contribution in [3.8, 4) is 28.6 Å². The molecule has 0 bridgehead atoms. The van der Waals surface area contributed by atoms with Crippen LogP contribution in [0.15, 0.2) is 94.3 Å². The van der Waals surface area contributed by atoms with Gasteiger partial charge in [0, 0.05) is 17.1 Å². The molecule has 0 saturated carbocycles. The van der Waals surface area contributed by atoms with Gasteiger partial charge in [-0.05, 0) is 60.5 Å². The summed E-state index contributed by atoms with van der Waals surface area (Å²) in [6, 6.07) is 25.3. The predicted octanol–water partition coefficient (Wildman–Crippen LogP) is 6.66. The normalized spacial score (nSPS) is 12.2. The van der Waals surface area contributed by atoms with Crippen LogP contribution in [-0.2, 0) is 0 Å². The number of furan rings is 1. The summed E-state index contributed by atoms with van der Waals surface area (Å²) in [5, 5.41) is 10.3. The molecule has 45 heavy (non-hydrogen) atoms. The standard InChI is InChI=1S/C35H29N5O4S/c1-3-4-18-43-28-16-14-23(19-29(28)42-2)15-17-32-36-35-40(37-32)34(41)31(45-35)21-25-22-39(26-11-6-5-7-12-26)38-33(25)30-20-24-10-8-9-13-27(24)44-30/h5-17,19-22H,3-4,18H2,1-2H3/b17-15+,31-21-. The Morgan fingerprint density at radius 1 is 0.956 bits per heavy atom. The van der Waals surface area contributed by atoms with Crippen LogP contribution < -0.4 is 19.6 Å². The molecule has 10 heteroatoms. The van der Waals surface area contributed by atoms with E-state index >= 15 is 0 Å². The molecular formula is C35H29N5O4S. The van der Waals surface area contributed by atoms with E-state index in [1.165, 1.54) is 15.9 Å².